The molecule has 1 N–H and O–H groups in total. The van der Waals surface area contributed by atoms with Gasteiger partial charge in [-0.15, -0.1) is 0 Å². The molecule has 0 aromatic heterocycles. The van der Waals surface area contributed by atoms with Crippen LogP contribution in [-0.2, 0) is 0 Å². The fourth-order valence-electron chi connectivity index (χ4n) is 4.32. The summed E-state index contributed by atoms with van der Waals surface area (Å²) >= 11 is 0. The summed E-state index contributed by atoms with van der Waals surface area (Å²) in [5.74, 6) is 1.12. The Labute approximate surface area is 200 Å². The van der Waals surface area contributed by atoms with Crippen molar-refractivity contribution in [3.63, 3.8) is 0 Å². The molecule has 0 unspecified atom stereocenters. The van der Waals surface area contributed by atoms with Gasteiger partial charge in [0, 0.05) is 22.3 Å². The van der Waals surface area contributed by atoms with Gasteiger partial charge in [0.2, 0.25) is 0 Å². The summed E-state index contributed by atoms with van der Waals surface area (Å²) in [6, 6.07) is 39.9. The molecule has 0 saturated carbocycles. The second-order valence-electron chi connectivity index (χ2n) is 7.93. The summed E-state index contributed by atoms with van der Waals surface area (Å²) in [5.41, 5.74) is 6.34. The summed E-state index contributed by atoms with van der Waals surface area (Å²) < 4.78 is 6.39. The van der Waals surface area contributed by atoms with Crippen LogP contribution in [0.5, 0.6) is 17.2 Å². The molecule has 0 saturated heterocycles. The highest BCUT2D eigenvalue weighted by Crippen LogP contribution is 2.53. The molecular weight excluding hydrogens is 416 g/mol. The topological polar surface area (TPSA) is 29.5 Å². The lowest BCUT2D eigenvalue weighted by atomic mass is 9.83. The Morgan fingerprint density at radius 2 is 0.941 bits per heavy atom. The maximum absolute atomic E-state index is 11.6. The molecule has 5 aromatic carbocycles. The molecule has 164 valence electrons. The van der Waals surface area contributed by atoms with Gasteiger partial charge in [-0.2, -0.15) is 0 Å². The fourth-order valence-corrected chi connectivity index (χ4v) is 4.32. The van der Waals surface area contributed by atoms with Crippen molar-refractivity contribution in [2.24, 2.45) is 0 Å². The molecule has 0 heterocycles. The van der Waals surface area contributed by atoms with Gasteiger partial charge < -0.3 is 9.84 Å². The lowest BCUT2D eigenvalue weighted by Gasteiger charge is -2.24. The number of benzene rings is 5. The Hall–Kier alpha value is -4.56. The Balaban J connectivity index is 1.95. The third-order valence-electron chi connectivity index (χ3n) is 5.82. The number of phenolic OH excluding ortho intramolecular Hbond substituents is 1. The minimum absolute atomic E-state index is 0.0660. The highest BCUT2D eigenvalue weighted by atomic mass is 16.5. The molecule has 0 spiro atoms. The highest BCUT2D eigenvalue weighted by Gasteiger charge is 2.26. The van der Waals surface area contributed by atoms with Crippen molar-refractivity contribution in [3.8, 4) is 50.6 Å². The molecule has 0 aliphatic heterocycles. The molecule has 0 fully saturated rings. The molecule has 0 aliphatic rings. The summed E-state index contributed by atoms with van der Waals surface area (Å²) in [4.78, 5) is 0. The molecular formula is C32H24O2. The average Bonchev–Trinajstić information content (AvgIpc) is 2.91. The quantitative estimate of drug-likeness (QED) is 0.286. The SMILES string of the molecule is C=Cc1c(O)c(Oc2ccccc2)c(-c2ccccc2)c(-c2ccccc2)c1-c1ccccc1. The van der Waals surface area contributed by atoms with E-state index >= 15 is 0 Å². The van der Waals surface area contributed by atoms with Crippen molar-refractivity contribution in [1.82, 2.24) is 0 Å². The Bertz CT molecular complexity index is 1410. The van der Waals surface area contributed by atoms with E-state index in [4.69, 9.17) is 4.74 Å². The Morgan fingerprint density at radius 1 is 0.529 bits per heavy atom. The summed E-state index contributed by atoms with van der Waals surface area (Å²) in [6.45, 7) is 4.05. The fraction of sp³-hybridized carbons (Fsp3) is 0. The molecule has 34 heavy (non-hydrogen) atoms. The van der Waals surface area contributed by atoms with Gasteiger partial charge in [-0.05, 0) is 28.8 Å². The van der Waals surface area contributed by atoms with Crippen LogP contribution in [0.1, 0.15) is 5.56 Å². The molecule has 0 aliphatic carbocycles. The van der Waals surface area contributed by atoms with Crippen LogP contribution in [0, 0.1) is 0 Å². The van der Waals surface area contributed by atoms with Gasteiger partial charge in [-0.3, -0.25) is 0 Å². The van der Waals surface area contributed by atoms with E-state index in [0.717, 1.165) is 33.4 Å². The van der Waals surface area contributed by atoms with E-state index in [1.165, 1.54) is 0 Å². The van der Waals surface area contributed by atoms with Gasteiger partial charge in [0.1, 0.15) is 5.75 Å². The zero-order valence-electron chi connectivity index (χ0n) is 18.7. The smallest absolute Gasteiger partial charge is 0.178 e. The number of hydrogen-bond acceptors (Lipinski definition) is 2. The molecule has 0 radical (unpaired) electrons. The maximum atomic E-state index is 11.6. The summed E-state index contributed by atoms with van der Waals surface area (Å²) in [5, 5.41) is 11.6. The summed E-state index contributed by atoms with van der Waals surface area (Å²) in [6.07, 6.45) is 1.71. The second-order valence-corrected chi connectivity index (χ2v) is 7.93. The second kappa shape index (κ2) is 9.51. The van der Waals surface area contributed by atoms with Gasteiger partial charge in [-0.1, -0.05) is 122 Å². The normalized spacial score (nSPS) is 10.6. The van der Waals surface area contributed by atoms with Crippen molar-refractivity contribution in [2.75, 3.05) is 0 Å². The van der Waals surface area contributed by atoms with E-state index in [1.807, 2.05) is 97.1 Å². The molecule has 5 aromatic rings. The number of phenols is 1. The largest absolute Gasteiger partial charge is 0.504 e. The van der Waals surface area contributed by atoms with E-state index in [9.17, 15) is 5.11 Å². The van der Waals surface area contributed by atoms with E-state index < -0.39 is 0 Å². The molecule has 0 amide bonds. The van der Waals surface area contributed by atoms with Crippen LogP contribution in [0.4, 0.5) is 0 Å². The van der Waals surface area contributed by atoms with Crippen LogP contribution in [-0.4, -0.2) is 5.11 Å². The standard InChI is InChI=1S/C32H24O2/c1-2-27-28(23-15-7-3-8-16-23)29(24-17-9-4-10-18-24)30(25-19-11-5-12-20-25)32(31(27)33)34-26-21-13-6-14-22-26/h2-22,33H,1H2. The van der Waals surface area contributed by atoms with Crippen LogP contribution < -0.4 is 4.74 Å². The lowest BCUT2D eigenvalue weighted by molar-refractivity contribution is 0.412. The van der Waals surface area contributed by atoms with Crippen LogP contribution >= 0.6 is 0 Å². The average molecular weight is 441 g/mol. The summed E-state index contributed by atoms with van der Waals surface area (Å²) in [7, 11) is 0. The first-order valence-electron chi connectivity index (χ1n) is 11.2. The van der Waals surface area contributed by atoms with Crippen molar-refractivity contribution >= 4 is 6.08 Å². The first kappa shape index (κ1) is 21.3. The van der Waals surface area contributed by atoms with Crippen molar-refractivity contribution in [2.45, 2.75) is 0 Å². The molecule has 2 heteroatoms. The number of ether oxygens (including phenoxy) is 1. The monoisotopic (exact) mass is 440 g/mol. The van der Waals surface area contributed by atoms with Gasteiger partial charge in [0.15, 0.2) is 11.5 Å². The van der Waals surface area contributed by atoms with Gasteiger partial charge in [0.05, 0.1) is 0 Å². The van der Waals surface area contributed by atoms with Crippen LogP contribution in [0.15, 0.2) is 128 Å². The maximum Gasteiger partial charge on any atom is 0.178 e. The highest BCUT2D eigenvalue weighted by molar-refractivity contribution is 6.03. The molecule has 0 atom stereocenters. The first-order chi connectivity index (χ1) is 16.8. The van der Waals surface area contributed by atoms with Crippen LogP contribution in [0.2, 0.25) is 0 Å². The Morgan fingerprint density at radius 3 is 1.41 bits per heavy atom. The van der Waals surface area contributed by atoms with E-state index in [0.29, 0.717) is 17.1 Å². The zero-order chi connectivity index (χ0) is 23.3. The third-order valence-corrected chi connectivity index (χ3v) is 5.82. The molecule has 5 rings (SSSR count). The van der Waals surface area contributed by atoms with Crippen molar-refractivity contribution in [3.05, 3.63) is 133 Å². The predicted octanol–water partition coefficient (Wildman–Crippen LogP) is 8.83. The number of para-hydroxylation sites is 1. The molecule has 2 nitrogen and oxygen atoms in total. The van der Waals surface area contributed by atoms with Crippen molar-refractivity contribution in [1.29, 1.82) is 0 Å². The third kappa shape index (κ3) is 3.98. The van der Waals surface area contributed by atoms with Crippen molar-refractivity contribution < 1.29 is 9.84 Å². The Kier molecular flexibility index (Phi) is 5.96. The first-order valence-corrected chi connectivity index (χ1v) is 11.2. The minimum atomic E-state index is 0.0660. The minimum Gasteiger partial charge on any atom is -0.504 e. The zero-order valence-corrected chi connectivity index (χ0v) is 18.7. The van der Waals surface area contributed by atoms with E-state index in [-0.39, 0.29) is 5.75 Å². The molecule has 0 bridgehead atoms. The number of aromatic hydroxyl groups is 1. The predicted molar refractivity (Wildman–Crippen MR) is 141 cm³/mol. The van der Waals surface area contributed by atoms with E-state index in [1.54, 1.807) is 6.08 Å². The number of hydrogen-bond donors (Lipinski definition) is 1. The van der Waals surface area contributed by atoms with E-state index in [2.05, 4.69) is 30.8 Å². The lowest BCUT2D eigenvalue weighted by Crippen LogP contribution is -1.99. The van der Waals surface area contributed by atoms with Gasteiger partial charge in [-0.25, -0.2) is 0 Å². The van der Waals surface area contributed by atoms with Crippen LogP contribution in [0.3, 0.4) is 0 Å². The van der Waals surface area contributed by atoms with Gasteiger partial charge >= 0.3 is 0 Å². The number of rotatable bonds is 6. The van der Waals surface area contributed by atoms with Crippen LogP contribution in [0.25, 0.3) is 39.5 Å². The van der Waals surface area contributed by atoms with Gasteiger partial charge in [0.25, 0.3) is 0 Å².